The lowest BCUT2D eigenvalue weighted by molar-refractivity contribution is -0.184. The molecule has 0 aliphatic carbocycles. The maximum Gasteiger partial charge on any atom is 0.420 e. The van der Waals surface area contributed by atoms with Crippen LogP contribution in [0.3, 0.4) is 0 Å². The smallest absolute Gasteiger partial charge is 0.316 e. The number of hydrogen-bond acceptors (Lipinski definition) is 1. The minimum atomic E-state index is -4.72. The Balaban J connectivity index is 2.10. The minimum Gasteiger partial charge on any atom is -0.316 e. The summed E-state index contributed by atoms with van der Waals surface area (Å²) in [5, 5.41) is 6.06. The fourth-order valence-electron chi connectivity index (χ4n) is 3.35. The highest BCUT2D eigenvalue weighted by atomic mass is 19.4. The van der Waals surface area contributed by atoms with E-state index in [1.54, 1.807) is 36.4 Å². The molecule has 2 N–H and O–H groups in total. The number of nitrogens with one attached hydrogen (secondary N) is 2. The zero-order valence-corrected chi connectivity index (χ0v) is 12.9. The summed E-state index contributed by atoms with van der Waals surface area (Å²) in [6.45, 7) is 0. The lowest BCUT2D eigenvalue weighted by Crippen LogP contribution is -2.60. The number of anilines is 1. The normalized spacial score (nSPS) is 19.9. The summed E-state index contributed by atoms with van der Waals surface area (Å²) in [6.07, 6.45) is -4.72. The Labute approximate surface area is 141 Å². The van der Waals surface area contributed by atoms with Gasteiger partial charge in [0, 0.05) is 11.3 Å². The topological polar surface area (TPSA) is 41.1 Å². The number of fused-ring (bicyclic) bond motifs is 2. The number of carbonyl (C=O) groups is 1. The first kappa shape index (κ1) is 15.5. The van der Waals surface area contributed by atoms with Crippen molar-refractivity contribution < 1.29 is 18.0 Å². The van der Waals surface area contributed by atoms with Crippen molar-refractivity contribution in [2.45, 2.75) is 11.7 Å². The van der Waals surface area contributed by atoms with Crippen molar-refractivity contribution in [2.75, 3.05) is 5.32 Å². The van der Waals surface area contributed by atoms with E-state index < -0.39 is 17.7 Å². The summed E-state index contributed by atoms with van der Waals surface area (Å²) in [5.41, 5.74) is -2.50. The Morgan fingerprint density at radius 1 is 0.840 bits per heavy atom. The van der Waals surface area contributed by atoms with E-state index in [0.717, 1.165) is 5.39 Å². The summed E-state index contributed by atoms with van der Waals surface area (Å²) < 4.78 is 42.9. The van der Waals surface area contributed by atoms with E-state index in [1.807, 2.05) is 0 Å². The largest absolute Gasteiger partial charge is 0.420 e. The zero-order chi connectivity index (χ0) is 17.7. The average molecular weight is 342 g/mol. The highest BCUT2D eigenvalue weighted by molar-refractivity contribution is 5.99. The molecule has 1 unspecified atom stereocenters. The van der Waals surface area contributed by atoms with E-state index in [4.69, 9.17) is 0 Å². The zero-order valence-electron chi connectivity index (χ0n) is 12.9. The van der Waals surface area contributed by atoms with Crippen molar-refractivity contribution in [3.05, 3.63) is 77.9 Å². The van der Waals surface area contributed by atoms with Crippen molar-refractivity contribution >= 4 is 22.5 Å². The van der Waals surface area contributed by atoms with Gasteiger partial charge in [0.05, 0.1) is 0 Å². The summed E-state index contributed by atoms with van der Waals surface area (Å²) in [6, 6.07) is 16.7. The monoisotopic (exact) mass is 342 g/mol. The fourth-order valence-corrected chi connectivity index (χ4v) is 3.35. The van der Waals surface area contributed by atoms with Gasteiger partial charge < -0.3 is 10.6 Å². The molecule has 1 aliphatic heterocycles. The van der Waals surface area contributed by atoms with E-state index in [9.17, 15) is 18.0 Å². The van der Waals surface area contributed by atoms with Gasteiger partial charge in [-0.15, -0.1) is 0 Å². The number of urea groups is 1. The number of alkyl halides is 3. The Morgan fingerprint density at radius 3 is 2.08 bits per heavy atom. The van der Waals surface area contributed by atoms with E-state index >= 15 is 0 Å². The molecule has 0 fully saturated rings. The molecule has 6 heteroatoms. The quantitative estimate of drug-likeness (QED) is 0.656. The Bertz CT molecular complexity index is 969. The molecule has 4 rings (SSSR count). The third-order valence-corrected chi connectivity index (χ3v) is 4.47. The molecule has 1 heterocycles. The first-order valence-electron chi connectivity index (χ1n) is 7.66. The Morgan fingerprint density at radius 2 is 1.44 bits per heavy atom. The molecule has 3 aromatic carbocycles. The van der Waals surface area contributed by atoms with Gasteiger partial charge in [-0.3, -0.25) is 0 Å². The van der Waals surface area contributed by atoms with Gasteiger partial charge in [-0.25, -0.2) is 4.79 Å². The van der Waals surface area contributed by atoms with Gasteiger partial charge in [0.25, 0.3) is 0 Å². The van der Waals surface area contributed by atoms with Crippen LogP contribution in [0, 0.1) is 0 Å². The molecular weight excluding hydrogens is 329 g/mol. The van der Waals surface area contributed by atoms with Crippen molar-refractivity contribution in [1.29, 1.82) is 0 Å². The van der Waals surface area contributed by atoms with Gasteiger partial charge in [0.15, 0.2) is 5.54 Å². The first-order valence-corrected chi connectivity index (χ1v) is 7.66. The molecule has 0 aromatic heterocycles. The minimum absolute atomic E-state index is 0.0236. The third-order valence-electron chi connectivity index (χ3n) is 4.47. The third kappa shape index (κ3) is 2.25. The summed E-state index contributed by atoms with van der Waals surface area (Å²) >= 11 is 0. The second-order valence-corrected chi connectivity index (χ2v) is 5.94. The lowest BCUT2D eigenvalue weighted by Gasteiger charge is -2.41. The number of hydrogen-bond donors (Lipinski definition) is 2. The van der Waals surface area contributed by atoms with Crippen LogP contribution in [0.1, 0.15) is 11.1 Å². The van der Waals surface area contributed by atoms with E-state index in [-0.39, 0.29) is 16.8 Å². The molecule has 0 bridgehead atoms. The highest BCUT2D eigenvalue weighted by Crippen LogP contribution is 2.49. The number of carbonyl (C=O) groups excluding carboxylic acids is 1. The van der Waals surface area contributed by atoms with Gasteiger partial charge in [-0.2, -0.15) is 13.2 Å². The van der Waals surface area contributed by atoms with Crippen LogP contribution in [0.5, 0.6) is 0 Å². The van der Waals surface area contributed by atoms with Gasteiger partial charge >= 0.3 is 12.2 Å². The molecule has 0 radical (unpaired) electrons. The molecule has 126 valence electrons. The van der Waals surface area contributed by atoms with Crippen LogP contribution >= 0.6 is 0 Å². The second kappa shape index (κ2) is 5.24. The molecular formula is C19H13F3N2O. The molecule has 3 aromatic rings. The van der Waals surface area contributed by atoms with Crippen LogP contribution in [0.25, 0.3) is 10.8 Å². The van der Waals surface area contributed by atoms with Crippen LogP contribution < -0.4 is 10.6 Å². The van der Waals surface area contributed by atoms with E-state index in [1.165, 1.54) is 30.3 Å². The number of rotatable bonds is 1. The number of amides is 2. The van der Waals surface area contributed by atoms with Crippen molar-refractivity contribution in [2.24, 2.45) is 0 Å². The second-order valence-electron chi connectivity index (χ2n) is 5.94. The van der Waals surface area contributed by atoms with Crippen LogP contribution in [-0.2, 0) is 5.54 Å². The van der Waals surface area contributed by atoms with Gasteiger partial charge in [-0.05, 0) is 28.5 Å². The van der Waals surface area contributed by atoms with E-state index in [0.29, 0.717) is 5.39 Å². The predicted octanol–water partition coefficient (Wildman–Crippen LogP) is 4.78. The van der Waals surface area contributed by atoms with Crippen molar-refractivity contribution in [3.8, 4) is 0 Å². The summed E-state index contributed by atoms with van der Waals surface area (Å²) in [5.74, 6) is 0. The molecule has 1 atom stereocenters. The average Bonchev–Trinajstić information content (AvgIpc) is 2.59. The molecule has 0 saturated heterocycles. The summed E-state index contributed by atoms with van der Waals surface area (Å²) in [7, 11) is 0. The lowest BCUT2D eigenvalue weighted by atomic mass is 9.79. The summed E-state index contributed by atoms with van der Waals surface area (Å²) in [4.78, 5) is 12.1. The van der Waals surface area contributed by atoms with E-state index in [2.05, 4.69) is 10.6 Å². The van der Waals surface area contributed by atoms with Gasteiger partial charge in [-0.1, -0.05) is 54.6 Å². The fraction of sp³-hybridized carbons (Fsp3) is 0.105. The molecule has 25 heavy (non-hydrogen) atoms. The molecule has 0 spiro atoms. The molecule has 1 aliphatic rings. The van der Waals surface area contributed by atoms with Gasteiger partial charge in [0.2, 0.25) is 0 Å². The van der Waals surface area contributed by atoms with Crippen LogP contribution in [-0.4, -0.2) is 12.2 Å². The molecule has 0 saturated carbocycles. The van der Waals surface area contributed by atoms with Gasteiger partial charge in [0.1, 0.15) is 0 Å². The highest BCUT2D eigenvalue weighted by Gasteiger charge is 2.60. The molecule has 3 nitrogen and oxygen atoms in total. The van der Waals surface area contributed by atoms with Crippen LogP contribution in [0.4, 0.5) is 23.7 Å². The Hall–Kier alpha value is -3.02. The van der Waals surface area contributed by atoms with Crippen LogP contribution in [0.15, 0.2) is 66.7 Å². The Kier molecular flexibility index (Phi) is 3.25. The maximum absolute atomic E-state index is 14.3. The van der Waals surface area contributed by atoms with Crippen LogP contribution in [0.2, 0.25) is 0 Å². The van der Waals surface area contributed by atoms with Crippen molar-refractivity contribution in [1.82, 2.24) is 5.32 Å². The van der Waals surface area contributed by atoms with Crippen molar-refractivity contribution in [3.63, 3.8) is 0 Å². The standard InChI is InChI=1S/C19H13F3N2O/c20-19(21,22)18(14-8-2-1-3-9-14)15-10-12-6-4-5-7-13(12)11-16(15)23-17(25)24-18/h1-11H,(H2,23,24,25). The molecule has 2 amide bonds. The maximum atomic E-state index is 14.3. The number of benzene rings is 3. The number of halogens is 3. The predicted molar refractivity (Wildman–Crippen MR) is 89.4 cm³/mol. The SMILES string of the molecule is O=C1Nc2cc3ccccc3cc2C(c2ccccc2)(C(F)(F)F)N1. The first-order chi connectivity index (χ1) is 11.9.